The van der Waals surface area contributed by atoms with Crippen molar-refractivity contribution in [3.8, 4) is 0 Å². The molecule has 2 aliphatic carbocycles. The SMILES string of the molecule is C1=CCC(P(C2=CC=CC2)c2ccccc2)=C1. The molecule has 1 heteroatoms. The third-order valence-electron chi connectivity index (χ3n) is 3.09. The fraction of sp³-hybridized carbons (Fsp3) is 0.125. The van der Waals surface area contributed by atoms with Crippen LogP contribution in [0, 0.1) is 0 Å². The molecule has 0 unspecified atom stereocenters. The molecule has 0 fully saturated rings. The molecule has 2 aliphatic rings. The lowest BCUT2D eigenvalue weighted by Gasteiger charge is -2.21. The van der Waals surface area contributed by atoms with Crippen molar-refractivity contribution >= 4 is 13.2 Å². The number of rotatable bonds is 3. The molecule has 84 valence electrons. The number of hydrogen-bond acceptors (Lipinski definition) is 0. The van der Waals surface area contributed by atoms with Crippen molar-refractivity contribution in [2.24, 2.45) is 0 Å². The molecule has 0 amide bonds. The standard InChI is InChI=1S/C16H15P/c1-2-8-14(9-3-1)17(15-10-4-5-11-15)16-12-6-7-13-16/h1-10,12H,11,13H2. The third-order valence-corrected chi connectivity index (χ3v) is 5.72. The maximum Gasteiger partial charge on any atom is -0.00837 e. The predicted octanol–water partition coefficient (Wildman–Crippen LogP) is 4.48. The summed E-state index contributed by atoms with van der Waals surface area (Å²) >= 11 is 0. The number of benzene rings is 1. The van der Waals surface area contributed by atoms with Crippen LogP contribution in [0.2, 0.25) is 0 Å². The Balaban J connectivity index is 1.97. The molecule has 0 radical (unpaired) electrons. The van der Waals surface area contributed by atoms with E-state index in [4.69, 9.17) is 0 Å². The van der Waals surface area contributed by atoms with Gasteiger partial charge in [-0.25, -0.2) is 0 Å². The van der Waals surface area contributed by atoms with Crippen LogP contribution in [0.15, 0.2) is 77.4 Å². The van der Waals surface area contributed by atoms with Gasteiger partial charge in [0.1, 0.15) is 0 Å². The van der Waals surface area contributed by atoms with Gasteiger partial charge in [-0.05, 0) is 36.7 Å². The normalized spacial score (nSPS) is 17.7. The molecule has 17 heavy (non-hydrogen) atoms. The van der Waals surface area contributed by atoms with Crippen LogP contribution in [0.5, 0.6) is 0 Å². The highest BCUT2D eigenvalue weighted by Crippen LogP contribution is 2.56. The Kier molecular flexibility index (Phi) is 3.07. The van der Waals surface area contributed by atoms with E-state index in [1.807, 2.05) is 0 Å². The van der Waals surface area contributed by atoms with Crippen molar-refractivity contribution < 1.29 is 0 Å². The van der Waals surface area contributed by atoms with Gasteiger partial charge in [-0.15, -0.1) is 0 Å². The summed E-state index contributed by atoms with van der Waals surface area (Å²) in [6.45, 7) is 0. The predicted molar refractivity (Wildman–Crippen MR) is 76.7 cm³/mol. The monoisotopic (exact) mass is 238 g/mol. The van der Waals surface area contributed by atoms with Crippen LogP contribution in [0.3, 0.4) is 0 Å². The summed E-state index contributed by atoms with van der Waals surface area (Å²) in [7, 11) is -0.261. The van der Waals surface area contributed by atoms with Gasteiger partial charge in [-0.1, -0.05) is 66.8 Å². The highest BCUT2D eigenvalue weighted by atomic mass is 31.1. The fourth-order valence-electron chi connectivity index (χ4n) is 2.30. The lowest BCUT2D eigenvalue weighted by molar-refractivity contribution is 1.37. The Morgan fingerprint density at radius 2 is 1.35 bits per heavy atom. The van der Waals surface area contributed by atoms with Gasteiger partial charge in [0.15, 0.2) is 0 Å². The Hall–Kier alpha value is -1.39. The van der Waals surface area contributed by atoms with E-state index in [0.717, 1.165) is 12.8 Å². The van der Waals surface area contributed by atoms with Crippen LogP contribution in [0.1, 0.15) is 12.8 Å². The van der Waals surface area contributed by atoms with Crippen LogP contribution in [0.4, 0.5) is 0 Å². The number of allylic oxidation sites excluding steroid dienone is 8. The van der Waals surface area contributed by atoms with Crippen molar-refractivity contribution in [1.29, 1.82) is 0 Å². The maximum atomic E-state index is 2.30. The zero-order valence-electron chi connectivity index (χ0n) is 9.71. The molecule has 0 aliphatic heterocycles. The van der Waals surface area contributed by atoms with Gasteiger partial charge in [-0.2, -0.15) is 0 Å². The molecule has 1 aromatic rings. The van der Waals surface area contributed by atoms with E-state index in [2.05, 4.69) is 66.8 Å². The van der Waals surface area contributed by atoms with Gasteiger partial charge >= 0.3 is 0 Å². The van der Waals surface area contributed by atoms with Crippen molar-refractivity contribution in [3.05, 3.63) is 77.4 Å². The quantitative estimate of drug-likeness (QED) is 0.681. The summed E-state index contributed by atoms with van der Waals surface area (Å²) in [6, 6.07) is 10.9. The summed E-state index contributed by atoms with van der Waals surface area (Å²) in [5.41, 5.74) is 0. The molecule has 0 saturated heterocycles. The summed E-state index contributed by atoms with van der Waals surface area (Å²) in [6.07, 6.45) is 15.8. The third kappa shape index (κ3) is 2.18. The van der Waals surface area contributed by atoms with Crippen LogP contribution < -0.4 is 5.30 Å². The Bertz CT molecular complexity index is 488. The molecule has 0 aromatic heterocycles. The second-order valence-corrected chi connectivity index (χ2v) is 6.59. The highest BCUT2D eigenvalue weighted by Gasteiger charge is 2.21. The maximum absolute atomic E-state index is 2.30. The van der Waals surface area contributed by atoms with E-state index in [-0.39, 0.29) is 7.92 Å². The van der Waals surface area contributed by atoms with E-state index in [9.17, 15) is 0 Å². The molecular formula is C16H15P. The second kappa shape index (κ2) is 4.85. The first-order valence-electron chi connectivity index (χ1n) is 6.02. The lowest BCUT2D eigenvalue weighted by atomic mass is 10.4. The number of hydrogen-bond donors (Lipinski definition) is 0. The van der Waals surface area contributed by atoms with Gasteiger partial charge < -0.3 is 0 Å². The molecule has 0 nitrogen and oxygen atoms in total. The summed E-state index contributed by atoms with van der Waals surface area (Å²) in [5.74, 6) is 0. The smallest absolute Gasteiger partial charge is 0.00837 e. The summed E-state index contributed by atoms with van der Waals surface area (Å²) in [5, 5.41) is 4.65. The minimum atomic E-state index is -0.261. The Morgan fingerprint density at radius 1 is 0.765 bits per heavy atom. The Labute approximate surface area is 104 Å². The topological polar surface area (TPSA) is 0 Å². The molecule has 0 bridgehead atoms. The summed E-state index contributed by atoms with van der Waals surface area (Å²) in [4.78, 5) is 0. The largest absolute Gasteiger partial charge is 0.0801 e. The van der Waals surface area contributed by atoms with Gasteiger partial charge in [0.25, 0.3) is 0 Å². The lowest BCUT2D eigenvalue weighted by Crippen LogP contribution is -2.02. The van der Waals surface area contributed by atoms with Gasteiger partial charge in [-0.3, -0.25) is 0 Å². The first-order valence-corrected chi connectivity index (χ1v) is 7.36. The molecular weight excluding hydrogens is 223 g/mol. The zero-order chi connectivity index (χ0) is 11.5. The minimum Gasteiger partial charge on any atom is -0.0801 e. The van der Waals surface area contributed by atoms with Gasteiger partial charge in [0.2, 0.25) is 0 Å². The molecule has 0 saturated carbocycles. The van der Waals surface area contributed by atoms with Crippen LogP contribution >= 0.6 is 7.92 Å². The van der Waals surface area contributed by atoms with E-state index < -0.39 is 0 Å². The summed E-state index contributed by atoms with van der Waals surface area (Å²) < 4.78 is 0. The second-order valence-electron chi connectivity index (χ2n) is 4.25. The van der Waals surface area contributed by atoms with E-state index in [1.165, 1.54) is 5.30 Å². The fourth-order valence-corrected chi connectivity index (χ4v) is 4.85. The van der Waals surface area contributed by atoms with E-state index >= 15 is 0 Å². The average molecular weight is 238 g/mol. The van der Waals surface area contributed by atoms with Crippen molar-refractivity contribution in [2.45, 2.75) is 12.8 Å². The first kappa shape index (κ1) is 10.7. The van der Waals surface area contributed by atoms with Gasteiger partial charge in [0, 0.05) is 0 Å². The molecule has 0 atom stereocenters. The van der Waals surface area contributed by atoms with Crippen molar-refractivity contribution in [2.75, 3.05) is 0 Å². The van der Waals surface area contributed by atoms with Crippen molar-refractivity contribution in [1.82, 2.24) is 0 Å². The van der Waals surface area contributed by atoms with E-state index in [0.29, 0.717) is 0 Å². The van der Waals surface area contributed by atoms with Crippen LogP contribution in [0.25, 0.3) is 0 Å². The van der Waals surface area contributed by atoms with Crippen LogP contribution in [-0.4, -0.2) is 0 Å². The van der Waals surface area contributed by atoms with E-state index in [1.54, 1.807) is 10.6 Å². The molecule has 3 rings (SSSR count). The first-order chi connectivity index (χ1) is 8.45. The zero-order valence-corrected chi connectivity index (χ0v) is 10.6. The Morgan fingerprint density at radius 3 is 1.82 bits per heavy atom. The van der Waals surface area contributed by atoms with Gasteiger partial charge in [0.05, 0.1) is 0 Å². The highest BCUT2D eigenvalue weighted by molar-refractivity contribution is 7.73. The average Bonchev–Trinajstić information content (AvgIpc) is 3.04. The molecule has 0 N–H and O–H groups in total. The molecule has 0 heterocycles. The van der Waals surface area contributed by atoms with Crippen molar-refractivity contribution in [3.63, 3.8) is 0 Å². The molecule has 0 spiro atoms. The van der Waals surface area contributed by atoms with Crippen LogP contribution in [-0.2, 0) is 0 Å². The molecule has 1 aromatic carbocycles. The minimum absolute atomic E-state index is 0.261.